The lowest BCUT2D eigenvalue weighted by Gasteiger charge is -2.06. The Kier molecular flexibility index (Phi) is 8.98. The lowest BCUT2D eigenvalue weighted by Crippen LogP contribution is -2.18. The number of unbranched alkanes of at least 4 members (excludes halogenated alkanes) is 5. The van der Waals surface area contributed by atoms with Crippen LogP contribution in [0.5, 0.6) is 5.75 Å². The van der Waals surface area contributed by atoms with Gasteiger partial charge in [0.2, 0.25) is 0 Å². The standard InChI is InChI=1S/C25H29FN4O2/c1-2-3-4-5-6-9-16-32-21-14-12-19(13-15-21)23-17-24(29-28-23)25(31)30-27-18-20-10-7-8-11-22(20)26/h7-8,10-15,17-18H,2-6,9,16H2,1H3,(H,28,29)(H,30,31). The number of benzene rings is 2. The summed E-state index contributed by atoms with van der Waals surface area (Å²) in [5.41, 5.74) is 4.41. The molecule has 0 radical (unpaired) electrons. The fourth-order valence-corrected chi connectivity index (χ4v) is 3.18. The molecule has 2 aromatic carbocycles. The maximum atomic E-state index is 13.6. The molecule has 0 aliphatic rings. The van der Waals surface area contributed by atoms with Crippen LogP contribution in [-0.2, 0) is 0 Å². The average Bonchev–Trinajstić information content (AvgIpc) is 3.31. The van der Waals surface area contributed by atoms with Gasteiger partial charge >= 0.3 is 0 Å². The van der Waals surface area contributed by atoms with Gasteiger partial charge in [0.15, 0.2) is 0 Å². The van der Waals surface area contributed by atoms with Crippen LogP contribution in [0.25, 0.3) is 11.3 Å². The molecule has 3 rings (SSSR count). The minimum Gasteiger partial charge on any atom is -0.494 e. The summed E-state index contributed by atoms with van der Waals surface area (Å²) in [4.78, 5) is 12.2. The summed E-state index contributed by atoms with van der Waals surface area (Å²) in [7, 11) is 0. The van der Waals surface area contributed by atoms with Crippen molar-refractivity contribution in [1.29, 1.82) is 0 Å². The van der Waals surface area contributed by atoms with E-state index >= 15 is 0 Å². The van der Waals surface area contributed by atoms with E-state index in [-0.39, 0.29) is 11.3 Å². The number of hydrogen-bond acceptors (Lipinski definition) is 4. The first-order valence-corrected chi connectivity index (χ1v) is 11.0. The van der Waals surface area contributed by atoms with E-state index in [1.165, 1.54) is 44.4 Å². The van der Waals surface area contributed by atoms with Crippen molar-refractivity contribution < 1.29 is 13.9 Å². The van der Waals surface area contributed by atoms with Crippen molar-refractivity contribution >= 4 is 12.1 Å². The molecule has 1 heterocycles. The Bertz CT molecular complexity index is 1010. The quantitative estimate of drug-likeness (QED) is 0.216. The maximum Gasteiger partial charge on any atom is 0.289 e. The number of aromatic nitrogens is 2. The van der Waals surface area contributed by atoms with E-state index in [1.54, 1.807) is 24.3 Å². The molecule has 168 valence electrons. The van der Waals surface area contributed by atoms with Crippen molar-refractivity contribution in [3.05, 3.63) is 71.7 Å². The molecule has 0 spiro atoms. The molecule has 1 aromatic heterocycles. The van der Waals surface area contributed by atoms with Gasteiger partial charge in [0, 0.05) is 11.1 Å². The predicted molar refractivity (Wildman–Crippen MR) is 124 cm³/mol. The highest BCUT2D eigenvalue weighted by Gasteiger charge is 2.10. The first-order chi connectivity index (χ1) is 15.7. The van der Waals surface area contributed by atoms with E-state index < -0.39 is 11.7 Å². The van der Waals surface area contributed by atoms with Gasteiger partial charge in [0.1, 0.15) is 17.3 Å². The molecular weight excluding hydrogens is 407 g/mol. The van der Waals surface area contributed by atoms with Crippen molar-refractivity contribution in [3.63, 3.8) is 0 Å². The number of aromatic amines is 1. The van der Waals surface area contributed by atoms with Crippen LogP contribution in [-0.4, -0.2) is 28.9 Å². The summed E-state index contributed by atoms with van der Waals surface area (Å²) in [5.74, 6) is -0.0535. The molecule has 0 aliphatic carbocycles. The van der Waals surface area contributed by atoms with E-state index in [0.717, 1.165) is 17.7 Å². The molecule has 0 unspecified atom stereocenters. The van der Waals surface area contributed by atoms with Crippen molar-refractivity contribution in [2.45, 2.75) is 45.4 Å². The summed E-state index contributed by atoms with van der Waals surface area (Å²) in [6.45, 7) is 2.93. The predicted octanol–water partition coefficient (Wildman–Crippen LogP) is 5.72. The lowest BCUT2D eigenvalue weighted by atomic mass is 10.1. The van der Waals surface area contributed by atoms with Crippen molar-refractivity contribution in [1.82, 2.24) is 15.6 Å². The first-order valence-electron chi connectivity index (χ1n) is 11.0. The molecule has 0 bridgehead atoms. The van der Waals surface area contributed by atoms with Gasteiger partial charge in [-0.25, -0.2) is 9.82 Å². The van der Waals surface area contributed by atoms with Crippen LogP contribution in [0.4, 0.5) is 4.39 Å². The summed E-state index contributed by atoms with van der Waals surface area (Å²) in [6, 6.07) is 15.4. The van der Waals surface area contributed by atoms with E-state index in [2.05, 4.69) is 27.6 Å². The van der Waals surface area contributed by atoms with Crippen LogP contribution in [0.15, 0.2) is 59.7 Å². The largest absolute Gasteiger partial charge is 0.494 e. The van der Waals surface area contributed by atoms with Gasteiger partial charge in [-0.3, -0.25) is 9.89 Å². The third-order valence-electron chi connectivity index (χ3n) is 5.01. The fraction of sp³-hybridized carbons (Fsp3) is 0.320. The normalized spacial score (nSPS) is 11.1. The number of H-pyrrole nitrogens is 1. The molecule has 6 nitrogen and oxygen atoms in total. The number of nitrogens with zero attached hydrogens (tertiary/aromatic N) is 2. The Morgan fingerprint density at radius 3 is 2.62 bits per heavy atom. The molecule has 32 heavy (non-hydrogen) atoms. The molecule has 0 atom stereocenters. The number of ether oxygens (including phenoxy) is 1. The van der Waals surface area contributed by atoms with Crippen molar-refractivity contribution in [3.8, 4) is 17.0 Å². The zero-order valence-electron chi connectivity index (χ0n) is 18.3. The molecule has 3 aromatic rings. The van der Waals surface area contributed by atoms with Gasteiger partial charge < -0.3 is 4.74 Å². The first kappa shape index (κ1) is 23.2. The number of carbonyl (C=O) groups excluding carboxylic acids is 1. The van der Waals surface area contributed by atoms with Crippen LogP contribution in [0.3, 0.4) is 0 Å². The summed E-state index contributed by atoms with van der Waals surface area (Å²) >= 11 is 0. The second-order valence-electron chi connectivity index (χ2n) is 7.53. The molecule has 0 saturated carbocycles. The molecular formula is C25H29FN4O2. The van der Waals surface area contributed by atoms with Gasteiger partial charge in [-0.05, 0) is 42.8 Å². The van der Waals surface area contributed by atoms with E-state index in [4.69, 9.17) is 4.74 Å². The summed E-state index contributed by atoms with van der Waals surface area (Å²) < 4.78 is 19.4. The van der Waals surface area contributed by atoms with Gasteiger partial charge in [-0.15, -0.1) is 0 Å². The van der Waals surface area contributed by atoms with Crippen LogP contribution in [0.1, 0.15) is 61.5 Å². The molecule has 0 aliphatic heterocycles. The van der Waals surface area contributed by atoms with Crippen molar-refractivity contribution in [2.24, 2.45) is 5.10 Å². The number of halogens is 1. The number of hydrogen-bond donors (Lipinski definition) is 2. The second-order valence-corrected chi connectivity index (χ2v) is 7.53. The molecule has 1 amide bonds. The van der Waals surface area contributed by atoms with Gasteiger partial charge in [-0.1, -0.05) is 57.2 Å². The number of carbonyl (C=O) groups is 1. The lowest BCUT2D eigenvalue weighted by molar-refractivity contribution is 0.0950. The number of rotatable bonds is 12. The third kappa shape index (κ3) is 7.04. The zero-order chi connectivity index (χ0) is 22.6. The molecule has 0 fully saturated rings. The zero-order valence-corrected chi connectivity index (χ0v) is 18.3. The SMILES string of the molecule is CCCCCCCCOc1ccc(-c2cc(C(=O)NN=Cc3ccccc3F)[nH]n2)cc1. The number of hydrazone groups is 1. The van der Waals surface area contributed by atoms with Crippen molar-refractivity contribution in [2.75, 3.05) is 6.61 Å². The van der Waals surface area contributed by atoms with Gasteiger partial charge in [-0.2, -0.15) is 10.2 Å². The smallest absolute Gasteiger partial charge is 0.289 e. The maximum absolute atomic E-state index is 13.6. The fourth-order valence-electron chi connectivity index (χ4n) is 3.18. The monoisotopic (exact) mass is 436 g/mol. The topological polar surface area (TPSA) is 79.4 Å². The highest BCUT2D eigenvalue weighted by Crippen LogP contribution is 2.21. The Morgan fingerprint density at radius 2 is 1.84 bits per heavy atom. The van der Waals surface area contributed by atoms with Crippen LogP contribution < -0.4 is 10.2 Å². The van der Waals surface area contributed by atoms with Gasteiger partial charge in [0.25, 0.3) is 5.91 Å². The Balaban J connectivity index is 1.47. The van der Waals surface area contributed by atoms with E-state index in [0.29, 0.717) is 12.3 Å². The minimum atomic E-state index is -0.463. The van der Waals surface area contributed by atoms with Crippen LogP contribution in [0, 0.1) is 5.82 Å². The van der Waals surface area contributed by atoms with E-state index in [1.807, 2.05) is 24.3 Å². The van der Waals surface area contributed by atoms with Gasteiger partial charge in [0.05, 0.1) is 18.5 Å². The number of amides is 1. The highest BCUT2D eigenvalue weighted by molar-refractivity contribution is 5.94. The Morgan fingerprint density at radius 1 is 1.09 bits per heavy atom. The molecule has 0 saturated heterocycles. The molecule has 7 heteroatoms. The summed E-state index contributed by atoms with van der Waals surface area (Å²) in [5, 5.41) is 10.7. The second kappa shape index (κ2) is 12.4. The minimum absolute atomic E-state index is 0.258. The number of nitrogens with one attached hydrogen (secondary N) is 2. The Labute approximate surface area is 187 Å². The average molecular weight is 437 g/mol. The third-order valence-corrected chi connectivity index (χ3v) is 5.01. The highest BCUT2D eigenvalue weighted by atomic mass is 19.1. The Hall–Kier alpha value is -3.48. The summed E-state index contributed by atoms with van der Waals surface area (Å²) in [6.07, 6.45) is 8.64. The van der Waals surface area contributed by atoms with Crippen LogP contribution >= 0.6 is 0 Å². The van der Waals surface area contributed by atoms with E-state index in [9.17, 15) is 9.18 Å². The van der Waals surface area contributed by atoms with Crippen LogP contribution in [0.2, 0.25) is 0 Å². The molecule has 2 N–H and O–H groups in total.